The Morgan fingerprint density at radius 3 is 2.69 bits per heavy atom. The van der Waals surface area contributed by atoms with Crippen LogP contribution in [0.15, 0.2) is 67.3 Å². The smallest absolute Gasteiger partial charge is 0.182 e. The number of aromatic nitrogens is 6. The molecule has 0 saturated carbocycles. The third-order valence-electron chi connectivity index (χ3n) is 4.28. The summed E-state index contributed by atoms with van der Waals surface area (Å²) < 4.78 is 2.16. The van der Waals surface area contributed by atoms with E-state index in [-0.39, 0.29) is 0 Å². The highest BCUT2D eigenvalue weighted by atomic mass is 15.1. The van der Waals surface area contributed by atoms with Crippen molar-refractivity contribution in [2.24, 2.45) is 0 Å². The highest BCUT2D eigenvalue weighted by Gasteiger charge is 2.13. The number of hydrogen-bond donors (Lipinski definition) is 2. The number of hydrogen-bond acceptors (Lipinski definition) is 5. The standard InChI is InChI=1S/C19H15N7/c1-2-6-13(7-3-1)26-15-9-5-4-8-14(15)25-16(26)10-20-18-17-19(22-11-21-17)24-12-23-18/h1-9,11-12H,10H2,(H2,20,21,22,23,24). The van der Waals surface area contributed by atoms with Crippen LogP contribution in [0.25, 0.3) is 27.9 Å². The average Bonchev–Trinajstić information content (AvgIpc) is 3.31. The zero-order valence-electron chi connectivity index (χ0n) is 13.8. The molecule has 5 aromatic rings. The van der Waals surface area contributed by atoms with Crippen LogP contribution in [0, 0.1) is 0 Å². The van der Waals surface area contributed by atoms with Crippen LogP contribution in [0.2, 0.25) is 0 Å². The van der Waals surface area contributed by atoms with Gasteiger partial charge in [0.15, 0.2) is 11.5 Å². The molecule has 0 aliphatic carbocycles. The van der Waals surface area contributed by atoms with Crippen molar-refractivity contribution in [1.29, 1.82) is 0 Å². The third-order valence-corrected chi connectivity index (χ3v) is 4.28. The molecule has 2 N–H and O–H groups in total. The minimum atomic E-state index is 0.523. The maximum absolute atomic E-state index is 4.80. The van der Waals surface area contributed by atoms with Crippen molar-refractivity contribution in [3.05, 3.63) is 73.1 Å². The Bertz CT molecular complexity index is 1190. The quantitative estimate of drug-likeness (QED) is 0.524. The number of fused-ring (bicyclic) bond motifs is 2. The molecule has 2 aromatic carbocycles. The molecule has 7 nitrogen and oxygen atoms in total. The van der Waals surface area contributed by atoms with Crippen LogP contribution in [-0.4, -0.2) is 29.5 Å². The first-order chi connectivity index (χ1) is 12.9. The lowest BCUT2D eigenvalue weighted by Gasteiger charge is -2.10. The Labute approximate surface area is 148 Å². The van der Waals surface area contributed by atoms with Crippen molar-refractivity contribution in [2.45, 2.75) is 6.54 Å². The molecule has 0 atom stereocenters. The Morgan fingerprint density at radius 1 is 0.923 bits per heavy atom. The van der Waals surface area contributed by atoms with Gasteiger partial charge in [-0.3, -0.25) is 4.57 Å². The summed E-state index contributed by atoms with van der Waals surface area (Å²) in [6.07, 6.45) is 3.12. The third kappa shape index (κ3) is 2.37. The van der Waals surface area contributed by atoms with Crippen molar-refractivity contribution in [1.82, 2.24) is 29.5 Å². The highest BCUT2D eigenvalue weighted by molar-refractivity contribution is 5.82. The van der Waals surface area contributed by atoms with E-state index >= 15 is 0 Å². The SMILES string of the molecule is c1ccc(-n2c(CNc3ncnc4nc[nH]c34)nc3ccccc32)cc1. The van der Waals surface area contributed by atoms with Gasteiger partial charge in [-0.15, -0.1) is 0 Å². The van der Waals surface area contributed by atoms with E-state index < -0.39 is 0 Å². The predicted octanol–water partition coefficient (Wildman–Crippen LogP) is 3.30. The van der Waals surface area contributed by atoms with Crippen LogP contribution in [0.3, 0.4) is 0 Å². The van der Waals surface area contributed by atoms with Crippen LogP contribution >= 0.6 is 0 Å². The molecule has 0 unspecified atom stereocenters. The molecule has 7 heteroatoms. The largest absolute Gasteiger partial charge is 0.361 e. The van der Waals surface area contributed by atoms with E-state index in [2.05, 4.69) is 48.0 Å². The summed E-state index contributed by atoms with van der Waals surface area (Å²) in [5.74, 6) is 1.61. The molecule has 3 aromatic heterocycles. The van der Waals surface area contributed by atoms with Crippen molar-refractivity contribution < 1.29 is 0 Å². The fourth-order valence-corrected chi connectivity index (χ4v) is 3.12. The average molecular weight is 341 g/mol. The minimum absolute atomic E-state index is 0.523. The second-order valence-corrected chi connectivity index (χ2v) is 5.86. The number of nitrogens with one attached hydrogen (secondary N) is 2. The molecule has 5 rings (SSSR count). The summed E-state index contributed by atoms with van der Waals surface area (Å²) in [6, 6.07) is 18.4. The van der Waals surface area contributed by atoms with Crippen LogP contribution in [0.1, 0.15) is 5.82 Å². The van der Waals surface area contributed by atoms with Gasteiger partial charge in [0.25, 0.3) is 0 Å². The van der Waals surface area contributed by atoms with Gasteiger partial charge in [0, 0.05) is 5.69 Å². The second kappa shape index (κ2) is 5.96. The maximum atomic E-state index is 4.80. The monoisotopic (exact) mass is 341 g/mol. The number of H-pyrrole nitrogens is 1. The normalized spacial score (nSPS) is 11.2. The van der Waals surface area contributed by atoms with E-state index in [0.717, 1.165) is 28.1 Å². The van der Waals surface area contributed by atoms with Gasteiger partial charge >= 0.3 is 0 Å². The van der Waals surface area contributed by atoms with Gasteiger partial charge < -0.3 is 10.3 Å². The fourth-order valence-electron chi connectivity index (χ4n) is 3.12. The second-order valence-electron chi connectivity index (χ2n) is 5.86. The fraction of sp³-hybridized carbons (Fsp3) is 0.0526. The number of rotatable bonds is 4. The van der Waals surface area contributed by atoms with Crippen LogP contribution in [0.4, 0.5) is 5.82 Å². The molecular weight excluding hydrogens is 326 g/mol. The summed E-state index contributed by atoms with van der Waals surface area (Å²) in [7, 11) is 0. The topological polar surface area (TPSA) is 84.3 Å². The molecule has 26 heavy (non-hydrogen) atoms. The van der Waals surface area contributed by atoms with Gasteiger partial charge in [-0.05, 0) is 24.3 Å². The molecule has 0 saturated heterocycles. The van der Waals surface area contributed by atoms with Gasteiger partial charge in [0.05, 0.1) is 23.9 Å². The lowest BCUT2D eigenvalue weighted by Crippen LogP contribution is -2.09. The maximum Gasteiger partial charge on any atom is 0.182 e. The summed E-state index contributed by atoms with van der Waals surface area (Å²) in [4.78, 5) is 20.5. The Morgan fingerprint density at radius 2 is 1.77 bits per heavy atom. The van der Waals surface area contributed by atoms with Gasteiger partial charge in [-0.1, -0.05) is 30.3 Å². The summed E-state index contributed by atoms with van der Waals surface area (Å²) >= 11 is 0. The van der Waals surface area contributed by atoms with Gasteiger partial charge in [0.1, 0.15) is 17.7 Å². The number of aromatic amines is 1. The molecule has 126 valence electrons. The zero-order valence-corrected chi connectivity index (χ0v) is 13.8. The number of anilines is 1. The molecule has 0 spiro atoms. The Kier molecular flexibility index (Phi) is 3.35. The van der Waals surface area contributed by atoms with Gasteiger partial charge in [0.2, 0.25) is 0 Å². The summed E-state index contributed by atoms with van der Waals surface area (Å²) in [5.41, 5.74) is 4.54. The van der Waals surface area contributed by atoms with Crippen LogP contribution in [-0.2, 0) is 6.54 Å². The molecule has 3 heterocycles. The first kappa shape index (κ1) is 14.6. The Hall–Kier alpha value is -3.74. The molecule has 0 bridgehead atoms. The van der Waals surface area contributed by atoms with Gasteiger partial charge in [-0.2, -0.15) is 0 Å². The van der Waals surface area contributed by atoms with Crippen LogP contribution < -0.4 is 5.32 Å². The van der Waals surface area contributed by atoms with Crippen LogP contribution in [0.5, 0.6) is 0 Å². The van der Waals surface area contributed by atoms with Gasteiger partial charge in [-0.25, -0.2) is 19.9 Å². The van der Waals surface area contributed by atoms with E-state index in [9.17, 15) is 0 Å². The highest BCUT2D eigenvalue weighted by Crippen LogP contribution is 2.22. The van der Waals surface area contributed by atoms with Crippen molar-refractivity contribution in [3.8, 4) is 5.69 Å². The number of nitrogens with zero attached hydrogens (tertiary/aromatic N) is 5. The molecule has 0 radical (unpaired) electrons. The van der Waals surface area contributed by atoms with E-state index in [1.54, 1.807) is 6.33 Å². The Balaban J connectivity index is 1.58. The van der Waals surface area contributed by atoms with Crippen molar-refractivity contribution in [3.63, 3.8) is 0 Å². The minimum Gasteiger partial charge on any atom is -0.361 e. The van der Waals surface area contributed by atoms with E-state index in [1.807, 2.05) is 36.4 Å². The van der Waals surface area contributed by atoms with Crippen molar-refractivity contribution >= 4 is 28.0 Å². The number of imidazole rings is 2. The number of para-hydroxylation sites is 3. The summed E-state index contributed by atoms with van der Waals surface area (Å²) in [6.45, 7) is 0.523. The molecule has 0 aliphatic rings. The zero-order chi connectivity index (χ0) is 17.3. The molecular formula is C19H15N7. The molecule has 0 fully saturated rings. The predicted molar refractivity (Wildman–Crippen MR) is 100 cm³/mol. The van der Waals surface area contributed by atoms with E-state index in [0.29, 0.717) is 18.0 Å². The molecule has 0 aliphatic heterocycles. The number of benzene rings is 2. The first-order valence-corrected chi connectivity index (χ1v) is 8.30. The van der Waals surface area contributed by atoms with Crippen molar-refractivity contribution in [2.75, 3.05) is 5.32 Å². The summed E-state index contributed by atoms with van der Waals surface area (Å²) in [5, 5.41) is 3.36. The van der Waals surface area contributed by atoms with E-state index in [4.69, 9.17) is 4.98 Å². The first-order valence-electron chi connectivity index (χ1n) is 8.30. The lowest BCUT2D eigenvalue weighted by molar-refractivity contribution is 0.911. The van der Waals surface area contributed by atoms with E-state index in [1.165, 1.54) is 6.33 Å². The molecule has 0 amide bonds. The lowest BCUT2D eigenvalue weighted by atomic mass is 10.3.